The fourth-order valence-corrected chi connectivity index (χ4v) is 2.60. The van der Waals surface area contributed by atoms with Gasteiger partial charge in [0.1, 0.15) is 5.75 Å². The fraction of sp³-hybridized carbons (Fsp3) is 0.455. The molecule has 0 unspecified atom stereocenters. The molecule has 0 aliphatic heterocycles. The van der Waals surface area contributed by atoms with Crippen LogP contribution in [0.1, 0.15) is 18.4 Å². The smallest absolute Gasteiger partial charge is 0.140 e. The van der Waals surface area contributed by atoms with Crippen molar-refractivity contribution in [1.82, 2.24) is 0 Å². The van der Waals surface area contributed by atoms with Crippen LogP contribution in [-0.4, -0.2) is 17.8 Å². The van der Waals surface area contributed by atoms with E-state index in [4.69, 9.17) is 16.3 Å². The van der Waals surface area contributed by atoms with E-state index in [-0.39, 0.29) is 0 Å². The van der Waals surface area contributed by atoms with E-state index < -0.39 is 5.60 Å². The Hall–Kier alpha value is -0.250. The third kappa shape index (κ3) is 2.47. The lowest BCUT2D eigenvalue weighted by atomic mass is 10.1. The minimum atomic E-state index is -0.530. The van der Waals surface area contributed by atoms with Crippen molar-refractivity contribution in [2.24, 2.45) is 0 Å². The highest BCUT2D eigenvalue weighted by Crippen LogP contribution is 2.42. The first kappa shape index (κ1) is 11.2. The van der Waals surface area contributed by atoms with E-state index in [2.05, 4.69) is 15.9 Å². The molecule has 0 heterocycles. The summed E-state index contributed by atoms with van der Waals surface area (Å²) in [6.45, 7) is 0. The Labute approximate surface area is 102 Å². The maximum atomic E-state index is 9.87. The zero-order valence-corrected chi connectivity index (χ0v) is 10.7. The van der Waals surface area contributed by atoms with Gasteiger partial charge in [-0.2, -0.15) is 0 Å². The van der Waals surface area contributed by atoms with Crippen molar-refractivity contribution in [3.05, 3.63) is 27.2 Å². The second-order valence-electron chi connectivity index (χ2n) is 3.98. The highest BCUT2D eigenvalue weighted by atomic mass is 79.9. The van der Waals surface area contributed by atoms with Gasteiger partial charge in [0, 0.05) is 10.9 Å². The largest absolute Gasteiger partial charge is 0.495 e. The molecule has 1 aromatic carbocycles. The van der Waals surface area contributed by atoms with Crippen molar-refractivity contribution in [2.75, 3.05) is 7.11 Å². The van der Waals surface area contributed by atoms with Crippen molar-refractivity contribution in [3.8, 4) is 5.75 Å². The normalized spacial score (nSPS) is 17.6. The first-order valence-corrected chi connectivity index (χ1v) is 5.95. The molecule has 1 N–H and O–H groups in total. The minimum Gasteiger partial charge on any atom is -0.495 e. The van der Waals surface area contributed by atoms with Crippen LogP contribution in [0.5, 0.6) is 5.75 Å². The quantitative estimate of drug-likeness (QED) is 0.927. The first-order chi connectivity index (χ1) is 7.04. The van der Waals surface area contributed by atoms with E-state index in [1.807, 2.05) is 6.07 Å². The van der Waals surface area contributed by atoms with Crippen molar-refractivity contribution < 1.29 is 9.84 Å². The van der Waals surface area contributed by atoms with Gasteiger partial charge in [0.05, 0.1) is 17.7 Å². The van der Waals surface area contributed by atoms with Gasteiger partial charge in [0.2, 0.25) is 0 Å². The van der Waals surface area contributed by atoms with Crippen molar-refractivity contribution in [1.29, 1.82) is 0 Å². The maximum Gasteiger partial charge on any atom is 0.140 e. The van der Waals surface area contributed by atoms with E-state index in [1.165, 1.54) is 0 Å². The molecule has 0 saturated heterocycles. The molecule has 2 rings (SSSR count). The zero-order chi connectivity index (χ0) is 11.1. The van der Waals surface area contributed by atoms with Gasteiger partial charge in [-0.05, 0) is 30.5 Å². The van der Waals surface area contributed by atoms with Crippen LogP contribution in [0.2, 0.25) is 5.02 Å². The van der Waals surface area contributed by atoms with E-state index in [0.717, 1.165) is 22.9 Å². The number of halogens is 2. The number of hydrogen-bond acceptors (Lipinski definition) is 2. The van der Waals surface area contributed by atoms with Crippen molar-refractivity contribution in [2.45, 2.75) is 24.9 Å². The number of methoxy groups -OCH3 is 1. The molecule has 1 aliphatic rings. The fourth-order valence-electron chi connectivity index (χ4n) is 1.65. The van der Waals surface area contributed by atoms with Crippen LogP contribution >= 0.6 is 27.5 Å². The van der Waals surface area contributed by atoms with E-state index >= 15 is 0 Å². The molecule has 0 radical (unpaired) electrons. The van der Waals surface area contributed by atoms with E-state index in [0.29, 0.717) is 17.2 Å². The lowest BCUT2D eigenvalue weighted by Crippen LogP contribution is -2.11. The van der Waals surface area contributed by atoms with Crippen LogP contribution in [0.4, 0.5) is 0 Å². The summed E-state index contributed by atoms with van der Waals surface area (Å²) in [4.78, 5) is 0. The van der Waals surface area contributed by atoms with Gasteiger partial charge in [-0.15, -0.1) is 0 Å². The minimum absolute atomic E-state index is 0.530. The predicted octanol–water partition coefficient (Wildman–Crippen LogP) is 3.18. The van der Waals surface area contributed by atoms with Crippen LogP contribution in [0, 0.1) is 0 Å². The molecule has 1 aliphatic carbocycles. The molecule has 0 amide bonds. The summed E-state index contributed by atoms with van der Waals surface area (Å²) in [6, 6.07) is 3.74. The average molecular weight is 292 g/mol. The monoisotopic (exact) mass is 290 g/mol. The van der Waals surface area contributed by atoms with Crippen LogP contribution < -0.4 is 4.74 Å². The van der Waals surface area contributed by atoms with Gasteiger partial charge in [0.25, 0.3) is 0 Å². The summed E-state index contributed by atoms with van der Waals surface area (Å²) in [7, 11) is 1.59. The van der Waals surface area contributed by atoms with Gasteiger partial charge in [-0.25, -0.2) is 0 Å². The number of rotatable bonds is 3. The standard InChI is InChI=1S/C11H12BrClO2/c1-15-10-7(6-11(14)2-3-11)4-8(12)5-9(10)13/h4-5,14H,2-3,6H2,1H3. The number of benzene rings is 1. The molecule has 1 saturated carbocycles. The molecule has 0 bridgehead atoms. The van der Waals surface area contributed by atoms with Gasteiger partial charge in [-0.1, -0.05) is 27.5 Å². The van der Waals surface area contributed by atoms with Gasteiger partial charge in [-0.3, -0.25) is 0 Å². The van der Waals surface area contributed by atoms with Crippen LogP contribution in [-0.2, 0) is 6.42 Å². The number of ether oxygens (including phenoxy) is 1. The second-order valence-corrected chi connectivity index (χ2v) is 5.30. The molecule has 15 heavy (non-hydrogen) atoms. The SMILES string of the molecule is COc1c(Cl)cc(Br)cc1CC1(O)CC1. The van der Waals surface area contributed by atoms with Crippen molar-refractivity contribution >= 4 is 27.5 Å². The molecule has 0 spiro atoms. The third-order valence-corrected chi connectivity index (χ3v) is 3.37. The Kier molecular flexibility index (Phi) is 2.97. The zero-order valence-electron chi connectivity index (χ0n) is 8.39. The molecule has 82 valence electrons. The van der Waals surface area contributed by atoms with Gasteiger partial charge < -0.3 is 9.84 Å². The molecule has 1 fully saturated rings. The summed E-state index contributed by atoms with van der Waals surface area (Å²) in [6.07, 6.45) is 2.33. The van der Waals surface area contributed by atoms with Gasteiger partial charge in [0.15, 0.2) is 0 Å². The maximum absolute atomic E-state index is 9.87. The summed E-state index contributed by atoms with van der Waals surface area (Å²) >= 11 is 9.43. The van der Waals surface area contributed by atoms with Crippen LogP contribution in [0.25, 0.3) is 0 Å². The summed E-state index contributed by atoms with van der Waals surface area (Å²) < 4.78 is 6.15. The molecule has 2 nitrogen and oxygen atoms in total. The molecule has 0 aromatic heterocycles. The summed E-state index contributed by atoms with van der Waals surface area (Å²) in [5, 5.41) is 10.4. The lowest BCUT2D eigenvalue weighted by molar-refractivity contribution is 0.150. The third-order valence-electron chi connectivity index (χ3n) is 2.64. The van der Waals surface area contributed by atoms with E-state index in [1.54, 1.807) is 13.2 Å². The molecule has 1 aromatic rings. The topological polar surface area (TPSA) is 29.5 Å². The predicted molar refractivity (Wildman–Crippen MR) is 63.6 cm³/mol. The molecular formula is C11H12BrClO2. The Morgan fingerprint density at radius 3 is 2.73 bits per heavy atom. The van der Waals surface area contributed by atoms with Crippen LogP contribution in [0.15, 0.2) is 16.6 Å². The Balaban J connectivity index is 2.35. The highest BCUT2D eigenvalue weighted by Gasteiger charge is 2.41. The average Bonchev–Trinajstić information content (AvgIpc) is 2.82. The molecule has 0 atom stereocenters. The second kappa shape index (κ2) is 3.96. The lowest BCUT2D eigenvalue weighted by Gasteiger charge is -2.13. The first-order valence-electron chi connectivity index (χ1n) is 4.78. The molecule has 4 heteroatoms. The Bertz CT molecular complexity index is 388. The summed E-state index contributed by atoms with van der Waals surface area (Å²) in [5.41, 5.74) is 0.425. The number of hydrogen-bond donors (Lipinski definition) is 1. The van der Waals surface area contributed by atoms with Gasteiger partial charge >= 0.3 is 0 Å². The van der Waals surface area contributed by atoms with E-state index in [9.17, 15) is 5.11 Å². The summed E-state index contributed by atoms with van der Waals surface area (Å²) in [5.74, 6) is 0.667. The number of aliphatic hydroxyl groups is 1. The van der Waals surface area contributed by atoms with Crippen LogP contribution in [0.3, 0.4) is 0 Å². The highest BCUT2D eigenvalue weighted by molar-refractivity contribution is 9.10. The Morgan fingerprint density at radius 2 is 2.20 bits per heavy atom. The van der Waals surface area contributed by atoms with Crippen molar-refractivity contribution in [3.63, 3.8) is 0 Å². The molecular weight excluding hydrogens is 279 g/mol. The Morgan fingerprint density at radius 1 is 1.53 bits per heavy atom.